The molecule has 4 heterocycles. The zero-order chi connectivity index (χ0) is 23.7. The van der Waals surface area contributed by atoms with Crippen LogP contribution in [0, 0.1) is 0 Å². The lowest BCUT2D eigenvalue weighted by Crippen LogP contribution is -2.12. The van der Waals surface area contributed by atoms with Gasteiger partial charge in [0, 0.05) is 37.7 Å². The summed E-state index contributed by atoms with van der Waals surface area (Å²) in [6.45, 7) is 0.711. The minimum Gasteiger partial charge on any atom is -0.496 e. The molecule has 0 spiro atoms. The smallest absolute Gasteiger partial charge is 0.261 e. The zero-order valence-corrected chi connectivity index (χ0v) is 18.6. The van der Waals surface area contributed by atoms with E-state index in [1.165, 1.54) is 12.5 Å². The molecule has 0 radical (unpaired) electrons. The van der Waals surface area contributed by atoms with E-state index in [0.717, 1.165) is 5.56 Å². The molecule has 0 atom stereocenters. The molecule has 0 unspecified atom stereocenters. The number of benzene rings is 1. The standard InChI is InChI=1S/C22H22N10O2/c1-30-19(25-13-27-30)12-31-11-17(20(29-31)15-8-14(9-23)4-5-18(15)34-2)28-22(33)16-10-26-32-7-3-6-24-21(16)32/h3-8,10-11,13H,9,12,23H2,1-2H3,(H,28,33). The van der Waals surface area contributed by atoms with Crippen LogP contribution in [-0.4, -0.2) is 52.2 Å². The van der Waals surface area contributed by atoms with Gasteiger partial charge in [0.05, 0.1) is 19.0 Å². The first-order chi connectivity index (χ1) is 16.6. The Bertz CT molecular complexity index is 1480. The molecule has 5 rings (SSSR count). The van der Waals surface area contributed by atoms with E-state index in [0.29, 0.717) is 52.8 Å². The zero-order valence-electron chi connectivity index (χ0n) is 18.6. The summed E-state index contributed by atoms with van der Waals surface area (Å²) in [5.74, 6) is 0.956. The van der Waals surface area contributed by atoms with Crippen molar-refractivity contribution in [1.82, 2.24) is 39.1 Å². The molecule has 0 aliphatic carbocycles. The SMILES string of the molecule is COc1ccc(CN)cc1-c1nn(Cc2ncnn2C)cc1NC(=O)c1cnn2cccnc12. The second-order valence-corrected chi connectivity index (χ2v) is 7.53. The Hall–Kier alpha value is -4.58. The average Bonchev–Trinajstić information content (AvgIpc) is 3.57. The van der Waals surface area contributed by atoms with Crippen LogP contribution in [0.5, 0.6) is 5.75 Å². The third-order valence-corrected chi connectivity index (χ3v) is 5.40. The second-order valence-electron chi connectivity index (χ2n) is 7.53. The average molecular weight is 458 g/mol. The number of rotatable bonds is 7. The first-order valence-electron chi connectivity index (χ1n) is 10.4. The van der Waals surface area contributed by atoms with Gasteiger partial charge in [-0.15, -0.1) is 0 Å². The molecule has 0 saturated heterocycles. The fourth-order valence-corrected chi connectivity index (χ4v) is 3.65. The Balaban J connectivity index is 1.57. The van der Waals surface area contributed by atoms with Gasteiger partial charge in [-0.05, 0) is 23.8 Å². The van der Waals surface area contributed by atoms with Crippen molar-refractivity contribution < 1.29 is 9.53 Å². The van der Waals surface area contributed by atoms with Crippen molar-refractivity contribution in [1.29, 1.82) is 0 Å². The van der Waals surface area contributed by atoms with Gasteiger partial charge >= 0.3 is 0 Å². The lowest BCUT2D eigenvalue weighted by molar-refractivity contribution is 0.102. The Morgan fingerprint density at radius 1 is 1.24 bits per heavy atom. The fourth-order valence-electron chi connectivity index (χ4n) is 3.65. The molecule has 5 aromatic rings. The van der Waals surface area contributed by atoms with Crippen LogP contribution in [0.15, 0.2) is 55.4 Å². The quantitative estimate of drug-likeness (QED) is 0.373. The number of aromatic nitrogens is 8. The van der Waals surface area contributed by atoms with Gasteiger partial charge < -0.3 is 15.8 Å². The maximum Gasteiger partial charge on any atom is 0.261 e. The third-order valence-electron chi connectivity index (χ3n) is 5.40. The van der Waals surface area contributed by atoms with Crippen molar-refractivity contribution in [3.05, 3.63) is 72.3 Å². The minimum absolute atomic E-state index is 0.343. The lowest BCUT2D eigenvalue weighted by atomic mass is 10.1. The summed E-state index contributed by atoms with van der Waals surface area (Å²) in [6.07, 6.45) is 8.05. The number of ether oxygens (including phenoxy) is 1. The molecule has 12 nitrogen and oxygen atoms in total. The van der Waals surface area contributed by atoms with Crippen LogP contribution in [0.4, 0.5) is 5.69 Å². The Kier molecular flexibility index (Phi) is 5.47. The Morgan fingerprint density at radius 3 is 2.88 bits per heavy atom. The van der Waals surface area contributed by atoms with Crippen molar-refractivity contribution in [3.8, 4) is 17.0 Å². The van der Waals surface area contributed by atoms with E-state index < -0.39 is 0 Å². The van der Waals surface area contributed by atoms with Gasteiger partial charge in [-0.3, -0.25) is 14.2 Å². The van der Waals surface area contributed by atoms with Gasteiger partial charge in [-0.25, -0.2) is 14.5 Å². The Labute approximate surface area is 194 Å². The number of carbonyl (C=O) groups excluding carboxylic acids is 1. The number of hydrogen-bond acceptors (Lipinski definition) is 8. The number of nitrogens with zero attached hydrogens (tertiary/aromatic N) is 8. The summed E-state index contributed by atoms with van der Waals surface area (Å²) in [6, 6.07) is 7.37. The minimum atomic E-state index is -0.359. The van der Waals surface area contributed by atoms with E-state index >= 15 is 0 Å². The van der Waals surface area contributed by atoms with Crippen molar-refractivity contribution in [2.75, 3.05) is 12.4 Å². The van der Waals surface area contributed by atoms with E-state index in [1.54, 1.807) is 52.7 Å². The van der Waals surface area contributed by atoms with Gasteiger partial charge in [0.1, 0.15) is 35.7 Å². The summed E-state index contributed by atoms with van der Waals surface area (Å²) in [4.78, 5) is 21.7. The monoisotopic (exact) mass is 458 g/mol. The topological polar surface area (TPSA) is 143 Å². The van der Waals surface area contributed by atoms with E-state index in [-0.39, 0.29) is 5.91 Å². The molecule has 0 aliphatic rings. The van der Waals surface area contributed by atoms with Gasteiger partial charge in [0.2, 0.25) is 0 Å². The van der Waals surface area contributed by atoms with Crippen molar-refractivity contribution >= 4 is 17.2 Å². The number of anilines is 1. The number of amides is 1. The predicted molar refractivity (Wildman–Crippen MR) is 123 cm³/mol. The molecule has 0 fully saturated rings. The highest BCUT2D eigenvalue weighted by atomic mass is 16.5. The summed E-state index contributed by atoms with van der Waals surface area (Å²) in [7, 11) is 3.39. The van der Waals surface area contributed by atoms with Crippen LogP contribution in [0.2, 0.25) is 0 Å². The number of nitrogens with one attached hydrogen (secondary N) is 1. The first-order valence-corrected chi connectivity index (χ1v) is 10.4. The predicted octanol–water partition coefficient (Wildman–Crippen LogP) is 1.49. The van der Waals surface area contributed by atoms with E-state index in [9.17, 15) is 4.79 Å². The molecule has 0 aliphatic heterocycles. The summed E-state index contributed by atoms with van der Waals surface area (Å²) >= 11 is 0. The van der Waals surface area contributed by atoms with Crippen LogP contribution in [-0.2, 0) is 20.1 Å². The highest BCUT2D eigenvalue weighted by molar-refractivity contribution is 6.09. The number of methoxy groups -OCH3 is 1. The van der Waals surface area contributed by atoms with Crippen LogP contribution in [0.1, 0.15) is 21.7 Å². The molecule has 4 aromatic heterocycles. The van der Waals surface area contributed by atoms with Gasteiger partial charge in [-0.1, -0.05) is 6.07 Å². The molecule has 0 bridgehead atoms. The van der Waals surface area contributed by atoms with Crippen LogP contribution >= 0.6 is 0 Å². The highest BCUT2D eigenvalue weighted by Crippen LogP contribution is 2.35. The molecular weight excluding hydrogens is 436 g/mol. The van der Waals surface area contributed by atoms with Crippen LogP contribution in [0.25, 0.3) is 16.9 Å². The van der Waals surface area contributed by atoms with E-state index in [1.807, 2.05) is 18.2 Å². The van der Waals surface area contributed by atoms with Gasteiger partial charge in [0.25, 0.3) is 5.91 Å². The fraction of sp³-hybridized carbons (Fsp3) is 0.182. The maximum atomic E-state index is 13.2. The van der Waals surface area contributed by atoms with Gasteiger partial charge in [0.15, 0.2) is 5.65 Å². The number of carbonyl (C=O) groups is 1. The number of nitrogens with two attached hydrogens (primary N) is 1. The molecule has 3 N–H and O–H groups in total. The lowest BCUT2D eigenvalue weighted by Gasteiger charge is -2.10. The number of hydrogen-bond donors (Lipinski definition) is 2. The first kappa shape index (κ1) is 21.3. The van der Waals surface area contributed by atoms with Crippen molar-refractivity contribution in [2.45, 2.75) is 13.1 Å². The second kappa shape index (κ2) is 8.75. The Morgan fingerprint density at radius 2 is 2.12 bits per heavy atom. The molecule has 34 heavy (non-hydrogen) atoms. The summed E-state index contributed by atoms with van der Waals surface area (Å²) in [5.41, 5.74) is 9.30. The van der Waals surface area contributed by atoms with Crippen molar-refractivity contribution in [3.63, 3.8) is 0 Å². The molecule has 172 valence electrons. The number of aryl methyl sites for hydroxylation is 1. The molecule has 12 heteroatoms. The third kappa shape index (κ3) is 3.86. The summed E-state index contributed by atoms with van der Waals surface area (Å²) in [5, 5.41) is 16.0. The largest absolute Gasteiger partial charge is 0.496 e. The maximum absolute atomic E-state index is 13.2. The highest BCUT2D eigenvalue weighted by Gasteiger charge is 2.21. The normalized spacial score (nSPS) is 11.1. The van der Waals surface area contributed by atoms with E-state index in [4.69, 9.17) is 15.6 Å². The summed E-state index contributed by atoms with van der Waals surface area (Å²) < 4.78 is 10.5. The molecule has 1 amide bonds. The van der Waals surface area contributed by atoms with Crippen LogP contribution < -0.4 is 15.8 Å². The van der Waals surface area contributed by atoms with Crippen molar-refractivity contribution in [2.24, 2.45) is 12.8 Å². The molecule has 1 aromatic carbocycles. The van der Waals surface area contributed by atoms with E-state index in [2.05, 4.69) is 25.5 Å². The van der Waals surface area contributed by atoms with Gasteiger partial charge in [-0.2, -0.15) is 15.3 Å². The molecule has 0 saturated carbocycles. The number of fused-ring (bicyclic) bond motifs is 1. The van der Waals surface area contributed by atoms with Crippen LogP contribution in [0.3, 0.4) is 0 Å². The molecular formula is C22H22N10O2.